The van der Waals surface area contributed by atoms with Gasteiger partial charge < -0.3 is 5.32 Å². The Balaban J connectivity index is 1.91. The molecule has 0 bridgehead atoms. The molecule has 1 aliphatic carbocycles. The van der Waals surface area contributed by atoms with Crippen LogP contribution in [0.15, 0.2) is 18.3 Å². The van der Waals surface area contributed by atoms with E-state index in [0.29, 0.717) is 6.04 Å². The first-order valence-electron chi connectivity index (χ1n) is 5.69. The molecule has 0 unspecified atom stereocenters. The molecule has 0 aliphatic heterocycles. The predicted molar refractivity (Wildman–Crippen MR) is 61.6 cm³/mol. The number of hydrogen-bond donors (Lipinski definition) is 1. The van der Waals surface area contributed by atoms with E-state index in [1.807, 2.05) is 11.7 Å². The fraction of sp³-hybridized carbons (Fsp3) is 0.583. The molecule has 0 amide bonds. The SMILES string of the molecule is CCc1nn(C)cc1CNC1CC=CC1. The minimum Gasteiger partial charge on any atom is -0.309 e. The van der Waals surface area contributed by atoms with Crippen LogP contribution in [0.3, 0.4) is 0 Å². The van der Waals surface area contributed by atoms with E-state index in [1.165, 1.54) is 24.1 Å². The lowest BCUT2D eigenvalue weighted by molar-refractivity contribution is 0.537. The second-order valence-corrected chi connectivity index (χ2v) is 4.15. The Kier molecular flexibility index (Phi) is 3.21. The van der Waals surface area contributed by atoms with Crippen molar-refractivity contribution >= 4 is 0 Å². The van der Waals surface area contributed by atoms with E-state index in [1.54, 1.807) is 0 Å². The van der Waals surface area contributed by atoms with Gasteiger partial charge in [-0.3, -0.25) is 4.68 Å². The van der Waals surface area contributed by atoms with E-state index in [2.05, 4.69) is 35.7 Å². The minimum absolute atomic E-state index is 0.634. The second kappa shape index (κ2) is 4.62. The topological polar surface area (TPSA) is 29.9 Å². The lowest BCUT2D eigenvalue weighted by Crippen LogP contribution is -2.25. The predicted octanol–water partition coefficient (Wildman–Crippen LogP) is 1.79. The van der Waals surface area contributed by atoms with Crippen molar-refractivity contribution in [2.75, 3.05) is 0 Å². The molecule has 0 radical (unpaired) electrons. The van der Waals surface area contributed by atoms with Crippen LogP contribution in [-0.2, 0) is 20.0 Å². The summed E-state index contributed by atoms with van der Waals surface area (Å²) in [7, 11) is 1.99. The Labute approximate surface area is 91.2 Å². The minimum atomic E-state index is 0.634. The number of nitrogens with zero attached hydrogens (tertiary/aromatic N) is 2. The highest BCUT2D eigenvalue weighted by molar-refractivity contribution is 5.17. The standard InChI is InChI=1S/C12H19N3/c1-3-12-10(9-15(2)14-12)8-13-11-6-4-5-7-11/h4-5,9,11,13H,3,6-8H2,1-2H3. The summed E-state index contributed by atoms with van der Waals surface area (Å²) in [5.74, 6) is 0. The quantitative estimate of drug-likeness (QED) is 0.759. The van der Waals surface area contributed by atoms with E-state index >= 15 is 0 Å². The van der Waals surface area contributed by atoms with Crippen LogP contribution < -0.4 is 5.32 Å². The third-order valence-electron chi connectivity index (χ3n) is 2.92. The zero-order chi connectivity index (χ0) is 10.7. The molecule has 0 aromatic carbocycles. The number of rotatable bonds is 4. The van der Waals surface area contributed by atoms with Gasteiger partial charge >= 0.3 is 0 Å². The van der Waals surface area contributed by atoms with E-state index in [-0.39, 0.29) is 0 Å². The van der Waals surface area contributed by atoms with Gasteiger partial charge in [-0.25, -0.2) is 0 Å². The van der Waals surface area contributed by atoms with Crippen molar-refractivity contribution in [2.45, 2.75) is 38.8 Å². The highest BCUT2D eigenvalue weighted by atomic mass is 15.3. The average Bonchev–Trinajstić information content (AvgIpc) is 2.83. The highest BCUT2D eigenvalue weighted by Gasteiger charge is 2.11. The van der Waals surface area contributed by atoms with E-state index in [0.717, 1.165) is 13.0 Å². The zero-order valence-electron chi connectivity index (χ0n) is 9.53. The largest absolute Gasteiger partial charge is 0.309 e. The smallest absolute Gasteiger partial charge is 0.0666 e. The summed E-state index contributed by atoms with van der Waals surface area (Å²) < 4.78 is 1.91. The molecule has 3 heteroatoms. The molecule has 0 atom stereocenters. The summed E-state index contributed by atoms with van der Waals surface area (Å²) >= 11 is 0. The summed E-state index contributed by atoms with van der Waals surface area (Å²) in [6.45, 7) is 3.10. The maximum absolute atomic E-state index is 4.44. The Morgan fingerprint density at radius 2 is 2.20 bits per heavy atom. The van der Waals surface area contributed by atoms with Crippen molar-refractivity contribution in [3.05, 3.63) is 29.6 Å². The van der Waals surface area contributed by atoms with Crippen molar-refractivity contribution in [1.29, 1.82) is 0 Å². The second-order valence-electron chi connectivity index (χ2n) is 4.15. The number of nitrogens with one attached hydrogen (secondary N) is 1. The van der Waals surface area contributed by atoms with Gasteiger partial charge in [0, 0.05) is 31.4 Å². The van der Waals surface area contributed by atoms with E-state index in [9.17, 15) is 0 Å². The van der Waals surface area contributed by atoms with Crippen LogP contribution in [0.5, 0.6) is 0 Å². The number of aryl methyl sites for hydroxylation is 2. The molecule has 0 saturated carbocycles. The van der Waals surface area contributed by atoms with Crippen molar-refractivity contribution in [2.24, 2.45) is 7.05 Å². The molecular weight excluding hydrogens is 186 g/mol. The third kappa shape index (κ3) is 2.48. The van der Waals surface area contributed by atoms with Gasteiger partial charge in [0.2, 0.25) is 0 Å². The fourth-order valence-electron chi connectivity index (χ4n) is 2.07. The van der Waals surface area contributed by atoms with Crippen molar-refractivity contribution in [3.8, 4) is 0 Å². The first kappa shape index (κ1) is 10.4. The third-order valence-corrected chi connectivity index (χ3v) is 2.92. The first-order chi connectivity index (χ1) is 7.29. The van der Waals surface area contributed by atoms with Gasteiger partial charge in [-0.1, -0.05) is 19.1 Å². The van der Waals surface area contributed by atoms with Crippen molar-refractivity contribution in [1.82, 2.24) is 15.1 Å². The van der Waals surface area contributed by atoms with Crippen LogP contribution in [0.1, 0.15) is 31.0 Å². The lowest BCUT2D eigenvalue weighted by Gasteiger charge is -2.11. The van der Waals surface area contributed by atoms with Gasteiger partial charge in [0.15, 0.2) is 0 Å². The summed E-state index contributed by atoms with van der Waals surface area (Å²) in [4.78, 5) is 0. The van der Waals surface area contributed by atoms with Gasteiger partial charge in [-0.15, -0.1) is 0 Å². The molecule has 2 rings (SSSR count). The van der Waals surface area contributed by atoms with Crippen molar-refractivity contribution in [3.63, 3.8) is 0 Å². The average molecular weight is 205 g/mol. The van der Waals surface area contributed by atoms with Gasteiger partial charge in [0.25, 0.3) is 0 Å². The van der Waals surface area contributed by atoms with Crippen molar-refractivity contribution < 1.29 is 0 Å². The maximum Gasteiger partial charge on any atom is 0.0666 e. The van der Waals surface area contributed by atoms with Crippen LogP contribution in [0.2, 0.25) is 0 Å². The molecule has 1 heterocycles. The van der Waals surface area contributed by atoms with Gasteiger partial charge in [0.05, 0.1) is 5.69 Å². The Bertz CT molecular complexity index is 344. The Morgan fingerprint density at radius 3 is 2.87 bits per heavy atom. The molecule has 1 aromatic heterocycles. The van der Waals surface area contributed by atoms with Gasteiger partial charge in [0.1, 0.15) is 0 Å². The summed E-state index contributed by atoms with van der Waals surface area (Å²) in [6, 6.07) is 0.634. The van der Waals surface area contributed by atoms with Crippen LogP contribution in [0.4, 0.5) is 0 Å². The summed E-state index contributed by atoms with van der Waals surface area (Å²) in [5.41, 5.74) is 2.56. The van der Waals surface area contributed by atoms with Crippen LogP contribution in [0.25, 0.3) is 0 Å². The molecule has 82 valence electrons. The number of aromatic nitrogens is 2. The Hall–Kier alpha value is -1.09. The molecule has 1 aliphatic rings. The Morgan fingerprint density at radius 1 is 1.47 bits per heavy atom. The molecule has 0 saturated heterocycles. The molecule has 1 aromatic rings. The van der Waals surface area contributed by atoms with Crippen LogP contribution in [-0.4, -0.2) is 15.8 Å². The molecular formula is C12H19N3. The molecule has 0 fully saturated rings. The van der Waals surface area contributed by atoms with Gasteiger partial charge in [-0.2, -0.15) is 5.10 Å². The molecule has 15 heavy (non-hydrogen) atoms. The van der Waals surface area contributed by atoms with Gasteiger partial charge in [-0.05, 0) is 19.3 Å². The fourth-order valence-corrected chi connectivity index (χ4v) is 2.07. The van der Waals surface area contributed by atoms with Crippen LogP contribution >= 0.6 is 0 Å². The monoisotopic (exact) mass is 205 g/mol. The zero-order valence-corrected chi connectivity index (χ0v) is 9.53. The lowest BCUT2D eigenvalue weighted by atomic mass is 10.2. The maximum atomic E-state index is 4.44. The highest BCUT2D eigenvalue weighted by Crippen LogP contribution is 2.12. The van der Waals surface area contributed by atoms with E-state index in [4.69, 9.17) is 0 Å². The molecule has 0 spiro atoms. The first-order valence-corrected chi connectivity index (χ1v) is 5.69. The molecule has 1 N–H and O–H groups in total. The number of hydrogen-bond acceptors (Lipinski definition) is 2. The summed E-state index contributed by atoms with van der Waals surface area (Å²) in [6.07, 6.45) is 9.97. The van der Waals surface area contributed by atoms with Crippen LogP contribution in [0, 0.1) is 0 Å². The summed E-state index contributed by atoms with van der Waals surface area (Å²) in [5, 5.41) is 8.01. The molecule has 3 nitrogen and oxygen atoms in total. The normalized spacial score (nSPS) is 16.4. The van der Waals surface area contributed by atoms with E-state index < -0.39 is 0 Å².